The van der Waals surface area contributed by atoms with Crippen LogP contribution >= 0.6 is 11.3 Å². The van der Waals surface area contributed by atoms with E-state index in [-0.39, 0.29) is 0 Å². The summed E-state index contributed by atoms with van der Waals surface area (Å²) in [7, 11) is 0. The number of rotatable bonds is 3. The summed E-state index contributed by atoms with van der Waals surface area (Å²) >= 11 is 1.81. The molecule has 0 saturated carbocycles. The Balaban J connectivity index is 1.96. The molecule has 1 fully saturated rings. The number of thiazole rings is 1. The lowest BCUT2D eigenvalue weighted by molar-refractivity contribution is 0.134. The first-order valence-corrected chi connectivity index (χ1v) is 6.93. The van der Waals surface area contributed by atoms with E-state index in [2.05, 4.69) is 36.2 Å². The highest BCUT2D eigenvalue weighted by Crippen LogP contribution is 2.25. The van der Waals surface area contributed by atoms with E-state index in [9.17, 15) is 0 Å². The lowest BCUT2D eigenvalue weighted by Crippen LogP contribution is -2.42. The van der Waals surface area contributed by atoms with Gasteiger partial charge >= 0.3 is 0 Å². The molecule has 1 N–H and O–H groups in total. The maximum absolute atomic E-state index is 4.49. The number of aryl methyl sites for hydroxylation is 2. The Bertz CT molecular complexity index is 342. The van der Waals surface area contributed by atoms with E-state index in [0.717, 1.165) is 0 Å². The van der Waals surface area contributed by atoms with Crippen LogP contribution in [0.2, 0.25) is 0 Å². The standard InChI is InChI=1S/C12H21N3S/c1-9-12(16-11(3)13-9)10(2)14-15-7-5-4-6-8-15/h10,14H,4-8H2,1-3H3. The number of hydrogen-bond donors (Lipinski definition) is 1. The predicted molar refractivity (Wildman–Crippen MR) is 68.6 cm³/mol. The third-order valence-electron chi connectivity index (χ3n) is 3.06. The van der Waals surface area contributed by atoms with Crippen molar-refractivity contribution < 1.29 is 0 Å². The molecule has 1 aliphatic rings. The van der Waals surface area contributed by atoms with Crippen molar-refractivity contribution in [1.29, 1.82) is 0 Å². The number of nitrogens with one attached hydrogen (secondary N) is 1. The zero-order chi connectivity index (χ0) is 11.5. The molecule has 90 valence electrons. The van der Waals surface area contributed by atoms with Crippen LogP contribution in [-0.4, -0.2) is 23.1 Å². The summed E-state index contributed by atoms with van der Waals surface area (Å²) in [6.45, 7) is 8.78. The van der Waals surface area contributed by atoms with Crippen LogP contribution in [0.15, 0.2) is 0 Å². The Morgan fingerprint density at radius 1 is 1.25 bits per heavy atom. The Labute approximate surface area is 102 Å². The Hall–Kier alpha value is -0.450. The molecular formula is C12H21N3S. The second-order valence-corrected chi connectivity index (χ2v) is 5.82. The number of hydrazine groups is 1. The molecule has 0 bridgehead atoms. The van der Waals surface area contributed by atoms with Crippen molar-refractivity contribution in [3.8, 4) is 0 Å². The molecule has 1 atom stereocenters. The fraction of sp³-hybridized carbons (Fsp3) is 0.750. The highest BCUT2D eigenvalue weighted by atomic mass is 32.1. The molecule has 1 unspecified atom stereocenters. The van der Waals surface area contributed by atoms with Gasteiger partial charge < -0.3 is 0 Å². The van der Waals surface area contributed by atoms with Crippen LogP contribution in [0.25, 0.3) is 0 Å². The van der Waals surface area contributed by atoms with Gasteiger partial charge in [0.05, 0.1) is 16.7 Å². The maximum atomic E-state index is 4.49. The summed E-state index contributed by atoms with van der Waals surface area (Å²) in [4.78, 5) is 5.86. The molecule has 2 heterocycles. The van der Waals surface area contributed by atoms with Crippen molar-refractivity contribution >= 4 is 11.3 Å². The van der Waals surface area contributed by atoms with E-state index >= 15 is 0 Å². The monoisotopic (exact) mass is 239 g/mol. The van der Waals surface area contributed by atoms with Crippen molar-refractivity contribution in [2.45, 2.75) is 46.1 Å². The summed E-state index contributed by atoms with van der Waals surface area (Å²) < 4.78 is 0. The summed E-state index contributed by atoms with van der Waals surface area (Å²) in [6.07, 6.45) is 4.02. The fourth-order valence-electron chi connectivity index (χ4n) is 2.30. The number of hydrogen-bond acceptors (Lipinski definition) is 4. The van der Waals surface area contributed by atoms with Gasteiger partial charge in [0.2, 0.25) is 0 Å². The molecule has 0 aliphatic carbocycles. The molecule has 1 aromatic rings. The lowest BCUT2D eigenvalue weighted by Gasteiger charge is -2.30. The molecule has 2 rings (SSSR count). The normalized spacial score (nSPS) is 19.9. The third-order valence-corrected chi connectivity index (χ3v) is 4.32. The fourth-order valence-corrected chi connectivity index (χ4v) is 3.23. The number of nitrogens with zero attached hydrogens (tertiary/aromatic N) is 2. The SMILES string of the molecule is Cc1nc(C)c(C(C)NN2CCCCC2)s1. The van der Waals surface area contributed by atoms with Crippen LogP contribution in [0.4, 0.5) is 0 Å². The van der Waals surface area contributed by atoms with Crippen molar-refractivity contribution in [3.05, 3.63) is 15.6 Å². The van der Waals surface area contributed by atoms with Gasteiger partial charge in [0.15, 0.2) is 0 Å². The van der Waals surface area contributed by atoms with Crippen molar-refractivity contribution in [1.82, 2.24) is 15.4 Å². The lowest BCUT2D eigenvalue weighted by atomic mass is 10.1. The van der Waals surface area contributed by atoms with E-state index in [0.29, 0.717) is 6.04 Å². The smallest absolute Gasteiger partial charge is 0.0900 e. The van der Waals surface area contributed by atoms with E-state index in [1.165, 1.54) is 47.9 Å². The molecule has 1 aliphatic heterocycles. The molecule has 0 aromatic carbocycles. The minimum atomic E-state index is 0.393. The second kappa shape index (κ2) is 5.25. The van der Waals surface area contributed by atoms with Crippen LogP contribution in [0.1, 0.15) is 47.8 Å². The van der Waals surface area contributed by atoms with E-state index < -0.39 is 0 Å². The van der Waals surface area contributed by atoms with Gasteiger partial charge in [0.25, 0.3) is 0 Å². The average Bonchev–Trinajstić information content (AvgIpc) is 2.59. The Kier molecular flexibility index (Phi) is 3.95. The van der Waals surface area contributed by atoms with Gasteiger partial charge in [-0.05, 0) is 33.6 Å². The summed E-state index contributed by atoms with van der Waals surface area (Å²) in [5.74, 6) is 0. The van der Waals surface area contributed by atoms with Gasteiger partial charge in [-0.15, -0.1) is 11.3 Å². The first-order valence-electron chi connectivity index (χ1n) is 6.12. The largest absolute Gasteiger partial charge is 0.247 e. The Morgan fingerprint density at radius 3 is 2.50 bits per heavy atom. The zero-order valence-corrected chi connectivity index (χ0v) is 11.2. The van der Waals surface area contributed by atoms with Crippen LogP contribution < -0.4 is 5.43 Å². The quantitative estimate of drug-likeness (QED) is 0.879. The zero-order valence-electron chi connectivity index (χ0n) is 10.4. The molecular weight excluding hydrogens is 218 g/mol. The van der Waals surface area contributed by atoms with Gasteiger partial charge in [-0.1, -0.05) is 6.42 Å². The topological polar surface area (TPSA) is 28.2 Å². The van der Waals surface area contributed by atoms with Crippen molar-refractivity contribution in [3.63, 3.8) is 0 Å². The molecule has 0 amide bonds. The van der Waals surface area contributed by atoms with Gasteiger partial charge in [0, 0.05) is 18.0 Å². The molecule has 0 radical (unpaired) electrons. The molecule has 3 nitrogen and oxygen atoms in total. The van der Waals surface area contributed by atoms with E-state index in [1.54, 1.807) is 0 Å². The first kappa shape index (κ1) is 12.0. The van der Waals surface area contributed by atoms with E-state index in [1.807, 2.05) is 11.3 Å². The Morgan fingerprint density at radius 2 is 1.94 bits per heavy atom. The number of aromatic nitrogens is 1. The van der Waals surface area contributed by atoms with Crippen LogP contribution in [0.3, 0.4) is 0 Å². The van der Waals surface area contributed by atoms with Crippen molar-refractivity contribution in [2.24, 2.45) is 0 Å². The second-order valence-electron chi connectivity index (χ2n) is 4.58. The van der Waals surface area contributed by atoms with Gasteiger partial charge in [-0.3, -0.25) is 0 Å². The minimum Gasteiger partial charge on any atom is -0.247 e. The third kappa shape index (κ3) is 2.81. The molecule has 1 aromatic heterocycles. The van der Waals surface area contributed by atoms with Crippen LogP contribution in [0.5, 0.6) is 0 Å². The van der Waals surface area contributed by atoms with Crippen molar-refractivity contribution in [2.75, 3.05) is 13.1 Å². The van der Waals surface area contributed by atoms with Crippen LogP contribution in [0, 0.1) is 13.8 Å². The van der Waals surface area contributed by atoms with Crippen LogP contribution in [-0.2, 0) is 0 Å². The highest BCUT2D eigenvalue weighted by Gasteiger charge is 2.17. The van der Waals surface area contributed by atoms with Gasteiger partial charge in [-0.25, -0.2) is 15.4 Å². The summed E-state index contributed by atoms with van der Waals surface area (Å²) in [5.41, 5.74) is 4.77. The highest BCUT2D eigenvalue weighted by molar-refractivity contribution is 7.11. The minimum absolute atomic E-state index is 0.393. The molecule has 0 spiro atoms. The summed E-state index contributed by atoms with van der Waals surface area (Å²) in [5, 5.41) is 3.53. The maximum Gasteiger partial charge on any atom is 0.0900 e. The summed E-state index contributed by atoms with van der Waals surface area (Å²) in [6, 6.07) is 0.393. The van der Waals surface area contributed by atoms with E-state index in [4.69, 9.17) is 0 Å². The van der Waals surface area contributed by atoms with Gasteiger partial charge in [-0.2, -0.15) is 0 Å². The number of piperidine rings is 1. The molecule has 1 saturated heterocycles. The van der Waals surface area contributed by atoms with Gasteiger partial charge in [0.1, 0.15) is 0 Å². The molecule has 4 heteroatoms. The molecule has 16 heavy (non-hydrogen) atoms. The predicted octanol–water partition coefficient (Wildman–Crippen LogP) is 2.81. The first-order chi connectivity index (χ1) is 7.66. The average molecular weight is 239 g/mol.